The number of thiophene rings is 1. The molecule has 160 valence electrons. The molecule has 2 aromatic carbocycles. The van der Waals surface area contributed by atoms with Crippen LogP contribution in [0.1, 0.15) is 31.8 Å². The summed E-state index contributed by atoms with van der Waals surface area (Å²) in [4.78, 5) is 23.1. The SMILES string of the molecule is O=C(O)c1ccc(C(=O)NN=CCc2csc(-c3cccc(C(F)(F)F)c3)c2O)cc1. The van der Waals surface area contributed by atoms with Crippen molar-refractivity contribution in [1.29, 1.82) is 0 Å². The van der Waals surface area contributed by atoms with Gasteiger partial charge in [0.05, 0.1) is 16.0 Å². The number of carbonyl (C=O) groups excluding carboxylic acids is 1. The van der Waals surface area contributed by atoms with E-state index in [0.717, 1.165) is 23.5 Å². The van der Waals surface area contributed by atoms with Gasteiger partial charge in [0.1, 0.15) is 5.75 Å². The predicted molar refractivity (Wildman–Crippen MR) is 109 cm³/mol. The smallest absolute Gasteiger partial charge is 0.416 e. The zero-order valence-corrected chi connectivity index (χ0v) is 16.5. The van der Waals surface area contributed by atoms with Crippen LogP contribution in [0.15, 0.2) is 59.0 Å². The average Bonchev–Trinajstić information content (AvgIpc) is 3.11. The maximum atomic E-state index is 12.9. The number of hydrazone groups is 1. The number of carboxylic acid groups (broad SMARTS) is 1. The van der Waals surface area contributed by atoms with E-state index >= 15 is 0 Å². The Morgan fingerprint density at radius 3 is 2.42 bits per heavy atom. The van der Waals surface area contributed by atoms with Gasteiger partial charge in [0, 0.05) is 23.8 Å². The minimum atomic E-state index is -4.48. The summed E-state index contributed by atoms with van der Waals surface area (Å²) in [7, 11) is 0. The van der Waals surface area contributed by atoms with E-state index in [9.17, 15) is 27.9 Å². The lowest BCUT2D eigenvalue weighted by atomic mass is 10.1. The summed E-state index contributed by atoms with van der Waals surface area (Å²) >= 11 is 1.10. The summed E-state index contributed by atoms with van der Waals surface area (Å²) in [5, 5.41) is 24.6. The fraction of sp³-hybridized carbons (Fsp3) is 0.0952. The number of alkyl halides is 3. The molecule has 0 aliphatic carbocycles. The summed E-state index contributed by atoms with van der Waals surface area (Å²) in [5.41, 5.74) is 2.43. The number of carboxylic acids is 1. The fourth-order valence-electron chi connectivity index (χ4n) is 2.65. The van der Waals surface area contributed by atoms with Crippen molar-refractivity contribution >= 4 is 29.4 Å². The van der Waals surface area contributed by atoms with Gasteiger partial charge < -0.3 is 10.2 Å². The molecule has 10 heteroatoms. The molecule has 3 N–H and O–H groups in total. The highest BCUT2D eigenvalue weighted by Crippen LogP contribution is 2.40. The van der Waals surface area contributed by atoms with Crippen LogP contribution >= 0.6 is 11.3 Å². The van der Waals surface area contributed by atoms with Gasteiger partial charge in [0.25, 0.3) is 5.91 Å². The van der Waals surface area contributed by atoms with Crippen LogP contribution in [0.4, 0.5) is 13.2 Å². The van der Waals surface area contributed by atoms with Gasteiger partial charge in [-0.2, -0.15) is 18.3 Å². The molecule has 0 saturated carbocycles. The molecule has 0 unspecified atom stereocenters. The number of hydrogen-bond donors (Lipinski definition) is 3. The topological polar surface area (TPSA) is 99.0 Å². The molecule has 0 aliphatic rings. The summed E-state index contributed by atoms with van der Waals surface area (Å²) in [6.45, 7) is 0. The minimum absolute atomic E-state index is 0.0459. The molecule has 1 aromatic heterocycles. The first-order chi connectivity index (χ1) is 14.7. The Kier molecular flexibility index (Phi) is 6.40. The molecule has 0 aliphatic heterocycles. The van der Waals surface area contributed by atoms with Crippen LogP contribution in [-0.4, -0.2) is 28.3 Å². The molecule has 3 rings (SSSR count). The van der Waals surface area contributed by atoms with E-state index in [1.165, 1.54) is 42.6 Å². The normalized spacial score (nSPS) is 11.6. The molecule has 0 atom stereocenters. The molecule has 31 heavy (non-hydrogen) atoms. The third kappa shape index (κ3) is 5.28. The first-order valence-corrected chi connectivity index (χ1v) is 9.67. The van der Waals surface area contributed by atoms with E-state index in [-0.39, 0.29) is 28.9 Å². The second-order valence-electron chi connectivity index (χ2n) is 6.36. The summed E-state index contributed by atoms with van der Waals surface area (Å²) in [6, 6.07) is 9.96. The maximum Gasteiger partial charge on any atom is 0.416 e. The summed E-state index contributed by atoms with van der Waals surface area (Å²) in [5.74, 6) is -1.80. The number of carbonyl (C=O) groups is 2. The number of amides is 1. The highest BCUT2D eigenvalue weighted by molar-refractivity contribution is 7.14. The Morgan fingerprint density at radius 2 is 1.77 bits per heavy atom. The predicted octanol–water partition coefficient (Wildman–Crippen LogP) is 4.80. The molecule has 0 spiro atoms. The molecule has 0 fully saturated rings. The van der Waals surface area contributed by atoms with Crippen LogP contribution < -0.4 is 5.43 Å². The van der Waals surface area contributed by atoms with Crippen molar-refractivity contribution in [3.8, 4) is 16.2 Å². The van der Waals surface area contributed by atoms with Crippen molar-refractivity contribution in [3.63, 3.8) is 0 Å². The van der Waals surface area contributed by atoms with Crippen LogP contribution in [0, 0.1) is 0 Å². The van der Waals surface area contributed by atoms with E-state index in [1.807, 2.05) is 0 Å². The number of nitrogens with zero attached hydrogens (tertiary/aromatic N) is 1. The molecule has 3 aromatic rings. The van der Waals surface area contributed by atoms with Crippen molar-refractivity contribution in [2.45, 2.75) is 12.6 Å². The Bertz CT molecular complexity index is 1140. The van der Waals surface area contributed by atoms with Gasteiger partial charge in [-0.05, 0) is 47.3 Å². The molecule has 1 heterocycles. The number of aromatic carboxylic acids is 1. The Labute approximate surface area is 178 Å². The van der Waals surface area contributed by atoms with E-state index in [4.69, 9.17) is 5.11 Å². The Hall–Kier alpha value is -3.66. The van der Waals surface area contributed by atoms with Crippen LogP contribution in [0.2, 0.25) is 0 Å². The largest absolute Gasteiger partial charge is 0.506 e. The lowest BCUT2D eigenvalue weighted by Crippen LogP contribution is -2.17. The van der Waals surface area contributed by atoms with Gasteiger partial charge in [0.15, 0.2) is 0 Å². The zero-order valence-electron chi connectivity index (χ0n) is 15.7. The second-order valence-corrected chi connectivity index (χ2v) is 7.24. The lowest BCUT2D eigenvalue weighted by Gasteiger charge is -2.08. The number of halogens is 3. The van der Waals surface area contributed by atoms with Crippen molar-refractivity contribution in [2.75, 3.05) is 0 Å². The molecular formula is C21H15F3N2O4S. The van der Waals surface area contributed by atoms with Crippen molar-refractivity contribution in [3.05, 3.63) is 76.2 Å². The minimum Gasteiger partial charge on any atom is -0.506 e. The van der Waals surface area contributed by atoms with E-state index in [0.29, 0.717) is 10.4 Å². The molecule has 0 bridgehead atoms. The quantitative estimate of drug-likeness (QED) is 0.373. The van der Waals surface area contributed by atoms with Gasteiger partial charge >= 0.3 is 12.1 Å². The Balaban J connectivity index is 1.64. The number of benzene rings is 2. The third-order valence-corrected chi connectivity index (χ3v) is 5.32. The molecular weight excluding hydrogens is 433 g/mol. The second kappa shape index (κ2) is 9.00. The first kappa shape index (κ1) is 22.0. The number of rotatable bonds is 6. The fourth-order valence-corrected chi connectivity index (χ4v) is 3.62. The van der Waals surface area contributed by atoms with Crippen LogP contribution in [-0.2, 0) is 12.6 Å². The van der Waals surface area contributed by atoms with Gasteiger partial charge in [-0.15, -0.1) is 11.3 Å². The summed E-state index contributed by atoms with van der Waals surface area (Å²) in [6.07, 6.45) is -3.01. The van der Waals surface area contributed by atoms with Crippen LogP contribution in [0.25, 0.3) is 10.4 Å². The number of hydrogen-bond acceptors (Lipinski definition) is 5. The van der Waals surface area contributed by atoms with E-state index in [2.05, 4.69) is 10.5 Å². The Morgan fingerprint density at radius 1 is 1.10 bits per heavy atom. The monoisotopic (exact) mass is 448 g/mol. The highest BCUT2D eigenvalue weighted by Gasteiger charge is 2.30. The van der Waals surface area contributed by atoms with Gasteiger partial charge in [-0.3, -0.25) is 4.79 Å². The first-order valence-electron chi connectivity index (χ1n) is 8.79. The molecule has 6 nitrogen and oxygen atoms in total. The van der Waals surface area contributed by atoms with Gasteiger partial charge in [0.2, 0.25) is 0 Å². The zero-order chi connectivity index (χ0) is 22.6. The van der Waals surface area contributed by atoms with E-state index in [1.54, 1.807) is 5.38 Å². The highest BCUT2D eigenvalue weighted by atomic mass is 32.1. The summed E-state index contributed by atoms with van der Waals surface area (Å²) < 4.78 is 38.7. The molecule has 0 radical (unpaired) electrons. The number of nitrogens with one attached hydrogen (secondary N) is 1. The van der Waals surface area contributed by atoms with Crippen LogP contribution in [0.3, 0.4) is 0 Å². The van der Waals surface area contributed by atoms with Gasteiger partial charge in [-0.25, -0.2) is 10.2 Å². The van der Waals surface area contributed by atoms with Crippen molar-refractivity contribution < 1.29 is 33.0 Å². The van der Waals surface area contributed by atoms with E-state index < -0.39 is 23.6 Å². The molecule has 0 saturated heterocycles. The van der Waals surface area contributed by atoms with Crippen molar-refractivity contribution in [2.24, 2.45) is 5.10 Å². The number of aromatic hydroxyl groups is 1. The third-order valence-electron chi connectivity index (χ3n) is 4.25. The maximum absolute atomic E-state index is 12.9. The molecule has 1 amide bonds. The standard InChI is InChI=1S/C21H15F3N2O4S/c22-21(23,24)16-3-1-2-14(10-16)18-17(27)15(11-31-18)8-9-25-26-19(28)12-4-6-13(7-5-12)20(29)30/h1-7,9-11,27H,8H2,(H,26,28)(H,29,30). The lowest BCUT2D eigenvalue weighted by molar-refractivity contribution is -0.137. The van der Waals surface area contributed by atoms with Crippen molar-refractivity contribution in [1.82, 2.24) is 5.43 Å². The van der Waals surface area contributed by atoms with Crippen LogP contribution in [0.5, 0.6) is 5.75 Å². The van der Waals surface area contributed by atoms with Gasteiger partial charge in [-0.1, -0.05) is 12.1 Å². The average molecular weight is 448 g/mol.